The van der Waals surface area contributed by atoms with Crippen LogP contribution in [0.5, 0.6) is 11.5 Å². The number of anilines is 1. The number of amides is 2. The van der Waals surface area contributed by atoms with E-state index in [4.69, 9.17) is 4.74 Å². The highest BCUT2D eigenvalue weighted by Crippen LogP contribution is 2.29. The molecule has 1 saturated heterocycles. The molecule has 166 valence electrons. The van der Waals surface area contributed by atoms with Gasteiger partial charge in [-0.3, -0.25) is 19.4 Å². The summed E-state index contributed by atoms with van der Waals surface area (Å²) in [6, 6.07) is 15.3. The molecule has 0 spiro atoms. The summed E-state index contributed by atoms with van der Waals surface area (Å²) in [5.74, 6) is 1.38. The van der Waals surface area contributed by atoms with Gasteiger partial charge in [-0.25, -0.2) is 0 Å². The Balaban J connectivity index is 1.54. The second-order valence-corrected chi connectivity index (χ2v) is 8.15. The Labute approximate surface area is 184 Å². The van der Waals surface area contributed by atoms with Gasteiger partial charge in [0.2, 0.25) is 11.8 Å². The third-order valence-corrected chi connectivity index (χ3v) is 5.32. The van der Waals surface area contributed by atoms with E-state index in [2.05, 4.69) is 15.1 Å². The zero-order valence-corrected chi connectivity index (χ0v) is 18.6. The van der Waals surface area contributed by atoms with E-state index in [1.165, 1.54) is 0 Å². The molecule has 0 saturated carbocycles. The lowest BCUT2D eigenvalue weighted by Gasteiger charge is -2.22. The van der Waals surface area contributed by atoms with Crippen LogP contribution in [0.3, 0.4) is 0 Å². The van der Waals surface area contributed by atoms with Crippen LogP contribution >= 0.6 is 0 Å². The van der Waals surface area contributed by atoms with Gasteiger partial charge in [-0.2, -0.15) is 0 Å². The Morgan fingerprint density at radius 2 is 1.58 bits per heavy atom. The summed E-state index contributed by atoms with van der Waals surface area (Å²) in [4.78, 5) is 30.6. The molecule has 0 bridgehead atoms. The zero-order chi connectivity index (χ0) is 22.2. The quantitative estimate of drug-likeness (QED) is 0.741. The van der Waals surface area contributed by atoms with Gasteiger partial charge in [0.1, 0.15) is 5.75 Å². The van der Waals surface area contributed by atoms with Crippen LogP contribution in [0.25, 0.3) is 0 Å². The molecule has 31 heavy (non-hydrogen) atoms. The summed E-state index contributed by atoms with van der Waals surface area (Å²) in [6.45, 7) is 6.01. The van der Waals surface area contributed by atoms with E-state index in [1.54, 1.807) is 19.0 Å². The van der Waals surface area contributed by atoms with Crippen molar-refractivity contribution in [1.82, 2.24) is 14.7 Å². The first-order valence-corrected chi connectivity index (χ1v) is 10.7. The lowest BCUT2D eigenvalue weighted by molar-refractivity contribution is -0.129. The predicted octanol–water partition coefficient (Wildman–Crippen LogP) is 2.82. The van der Waals surface area contributed by atoms with E-state index in [0.29, 0.717) is 24.5 Å². The molecule has 1 fully saturated rings. The fourth-order valence-electron chi connectivity index (χ4n) is 3.46. The molecule has 0 atom stereocenters. The van der Waals surface area contributed by atoms with Crippen LogP contribution in [0, 0.1) is 6.92 Å². The Hall–Kier alpha value is -2.90. The Bertz CT molecular complexity index is 883. The normalized spacial score (nSPS) is 15.2. The average Bonchev–Trinajstić information content (AvgIpc) is 2.96. The minimum Gasteiger partial charge on any atom is -0.455 e. The molecule has 1 aliphatic rings. The molecule has 7 heteroatoms. The van der Waals surface area contributed by atoms with Crippen LogP contribution < -0.4 is 10.1 Å². The van der Waals surface area contributed by atoms with E-state index in [-0.39, 0.29) is 11.8 Å². The minimum atomic E-state index is -0.0715. The second kappa shape index (κ2) is 10.9. The molecule has 2 amide bonds. The Kier molecular flexibility index (Phi) is 8.03. The van der Waals surface area contributed by atoms with Crippen LogP contribution in [0.1, 0.15) is 12.0 Å². The molecule has 0 aliphatic carbocycles. The topological polar surface area (TPSA) is 65.1 Å². The zero-order valence-electron chi connectivity index (χ0n) is 18.6. The molecule has 2 aromatic carbocycles. The summed E-state index contributed by atoms with van der Waals surface area (Å²) >= 11 is 0. The minimum absolute atomic E-state index is 0.0715. The number of rotatable bonds is 7. The summed E-state index contributed by atoms with van der Waals surface area (Å²) < 4.78 is 5.97. The molecule has 0 aromatic heterocycles. The maximum absolute atomic E-state index is 12.7. The van der Waals surface area contributed by atoms with E-state index >= 15 is 0 Å². The number of aryl methyl sites for hydroxylation is 1. The van der Waals surface area contributed by atoms with Crippen molar-refractivity contribution in [2.24, 2.45) is 0 Å². The van der Waals surface area contributed by atoms with Gasteiger partial charge >= 0.3 is 0 Å². The van der Waals surface area contributed by atoms with Gasteiger partial charge in [-0.15, -0.1) is 0 Å². The van der Waals surface area contributed by atoms with Gasteiger partial charge in [0.25, 0.3) is 0 Å². The van der Waals surface area contributed by atoms with Gasteiger partial charge in [0.05, 0.1) is 18.8 Å². The Morgan fingerprint density at radius 1 is 0.935 bits per heavy atom. The molecular formula is C24H32N4O3. The molecule has 2 aromatic rings. The summed E-state index contributed by atoms with van der Waals surface area (Å²) in [5.41, 5.74) is 1.82. The first kappa shape index (κ1) is 22.8. The van der Waals surface area contributed by atoms with Gasteiger partial charge in [0.15, 0.2) is 5.75 Å². The molecule has 0 unspecified atom stereocenters. The third kappa shape index (κ3) is 7.08. The molecule has 3 rings (SSSR count). The van der Waals surface area contributed by atoms with Crippen LogP contribution in [-0.2, 0) is 9.59 Å². The molecule has 1 N–H and O–H groups in total. The first-order chi connectivity index (χ1) is 14.9. The van der Waals surface area contributed by atoms with Crippen molar-refractivity contribution >= 4 is 17.5 Å². The lowest BCUT2D eigenvalue weighted by atomic mass is 10.2. The first-order valence-electron chi connectivity index (χ1n) is 10.7. The Morgan fingerprint density at radius 3 is 2.26 bits per heavy atom. The van der Waals surface area contributed by atoms with Crippen LogP contribution in [0.15, 0.2) is 48.5 Å². The fourth-order valence-corrected chi connectivity index (χ4v) is 3.46. The van der Waals surface area contributed by atoms with Gasteiger partial charge in [-0.1, -0.05) is 29.8 Å². The van der Waals surface area contributed by atoms with Gasteiger partial charge in [0, 0.05) is 27.2 Å². The fraction of sp³-hybridized carbons (Fsp3) is 0.417. The standard InChI is InChI=1S/C24H32N4O3/c1-19-9-11-20(12-10-19)31-22-8-5-4-7-21(22)25-23(29)17-27-13-6-14-28(16-15-27)18-24(30)26(2)3/h4-5,7-12H,6,13-18H2,1-3H3,(H,25,29). The number of nitrogens with zero attached hydrogens (tertiary/aromatic N) is 3. The highest BCUT2D eigenvalue weighted by Gasteiger charge is 2.20. The second-order valence-electron chi connectivity index (χ2n) is 8.15. The lowest BCUT2D eigenvalue weighted by Crippen LogP contribution is -2.39. The highest BCUT2D eigenvalue weighted by molar-refractivity contribution is 5.93. The van der Waals surface area contributed by atoms with Crippen LogP contribution in [-0.4, -0.2) is 79.9 Å². The van der Waals surface area contributed by atoms with Crippen molar-refractivity contribution in [2.45, 2.75) is 13.3 Å². The van der Waals surface area contributed by atoms with Crippen molar-refractivity contribution in [1.29, 1.82) is 0 Å². The summed E-state index contributed by atoms with van der Waals surface area (Å²) in [7, 11) is 3.55. The monoisotopic (exact) mass is 424 g/mol. The maximum atomic E-state index is 12.7. The summed E-state index contributed by atoms with van der Waals surface area (Å²) in [5, 5.41) is 2.99. The van der Waals surface area contributed by atoms with Crippen molar-refractivity contribution in [2.75, 3.05) is 58.7 Å². The highest BCUT2D eigenvalue weighted by atomic mass is 16.5. The number of hydrogen-bond donors (Lipinski definition) is 1. The number of nitrogens with one attached hydrogen (secondary N) is 1. The van der Waals surface area contributed by atoms with Crippen LogP contribution in [0.2, 0.25) is 0 Å². The predicted molar refractivity (Wildman–Crippen MR) is 123 cm³/mol. The number of ether oxygens (including phenoxy) is 1. The average molecular weight is 425 g/mol. The molecule has 1 aliphatic heterocycles. The van der Waals surface area contributed by atoms with Crippen molar-refractivity contribution in [3.63, 3.8) is 0 Å². The molecule has 7 nitrogen and oxygen atoms in total. The van der Waals surface area contributed by atoms with Gasteiger partial charge in [-0.05, 0) is 50.7 Å². The number of para-hydroxylation sites is 2. The number of carbonyl (C=O) groups excluding carboxylic acids is 2. The third-order valence-electron chi connectivity index (χ3n) is 5.32. The smallest absolute Gasteiger partial charge is 0.238 e. The SMILES string of the molecule is Cc1ccc(Oc2ccccc2NC(=O)CN2CCCN(CC(=O)N(C)C)CC2)cc1. The van der Waals surface area contributed by atoms with Crippen molar-refractivity contribution in [3.8, 4) is 11.5 Å². The number of carbonyl (C=O) groups is 2. The van der Waals surface area contributed by atoms with E-state index in [9.17, 15) is 9.59 Å². The van der Waals surface area contributed by atoms with E-state index in [0.717, 1.165) is 43.9 Å². The van der Waals surface area contributed by atoms with E-state index in [1.807, 2.05) is 55.5 Å². The molecule has 1 heterocycles. The van der Waals surface area contributed by atoms with Gasteiger partial charge < -0.3 is 15.0 Å². The van der Waals surface area contributed by atoms with Crippen molar-refractivity contribution < 1.29 is 14.3 Å². The molecule has 0 radical (unpaired) electrons. The summed E-state index contributed by atoms with van der Waals surface area (Å²) in [6.07, 6.45) is 0.932. The maximum Gasteiger partial charge on any atom is 0.238 e. The molecular weight excluding hydrogens is 392 g/mol. The van der Waals surface area contributed by atoms with E-state index < -0.39 is 0 Å². The largest absolute Gasteiger partial charge is 0.455 e. The number of likely N-dealkylation sites (N-methyl/N-ethyl adjacent to an activating group) is 1. The number of hydrogen-bond acceptors (Lipinski definition) is 5. The van der Waals surface area contributed by atoms with Crippen molar-refractivity contribution in [3.05, 3.63) is 54.1 Å². The van der Waals surface area contributed by atoms with Crippen LogP contribution in [0.4, 0.5) is 5.69 Å². The number of benzene rings is 2.